The van der Waals surface area contributed by atoms with Crippen LogP contribution in [0.3, 0.4) is 0 Å². The number of hydrogen-bond donors (Lipinski definition) is 0. The fourth-order valence-electron chi connectivity index (χ4n) is 2.63. The molecule has 1 aromatic rings. The molecule has 0 unspecified atom stereocenters. The second kappa shape index (κ2) is 5.30. The normalized spacial score (nSPS) is 21.3. The van der Waals surface area contributed by atoms with E-state index in [0.717, 1.165) is 57.3 Å². The Kier molecular flexibility index (Phi) is 3.52. The van der Waals surface area contributed by atoms with Gasteiger partial charge in [-0.1, -0.05) is 0 Å². The molecule has 0 bridgehead atoms. The number of carbonyl (C=O) groups excluding carboxylic acids is 1. The first kappa shape index (κ1) is 12.6. The van der Waals surface area contributed by atoms with Gasteiger partial charge in [0, 0.05) is 45.7 Å². The molecular weight excluding hydrogens is 244 g/mol. The van der Waals surface area contributed by atoms with E-state index in [1.807, 2.05) is 17.8 Å². The molecule has 104 valence electrons. The van der Waals surface area contributed by atoms with Crippen molar-refractivity contribution in [1.82, 2.24) is 14.7 Å². The summed E-state index contributed by atoms with van der Waals surface area (Å²) < 4.78 is 7.31. The number of amides is 1. The quantitative estimate of drug-likeness (QED) is 0.779. The summed E-state index contributed by atoms with van der Waals surface area (Å²) >= 11 is 0. The molecule has 1 aromatic heterocycles. The zero-order valence-electron chi connectivity index (χ0n) is 11.3. The molecule has 1 saturated heterocycles. The third-order valence-corrected chi connectivity index (χ3v) is 3.78. The lowest BCUT2D eigenvalue weighted by molar-refractivity contribution is -0.118. The number of morpholine rings is 1. The second-order valence-electron chi connectivity index (χ2n) is 5.16. The number of aryl methyl sites for hydroxylation is 1. The van der Waals surface area contributed by atoms with E-state index in [9.17, 15) is 4.79 Å². The largest absolute Gasteiger partial charge is 0.379 e. The predicted molar refractivity (Wildman–Crippen MR) is 71.0 cm³/mol. The third-order valence-electron chi connectivity index (χ3n) is 3.78. The van der Waals surface area contributed by atoms with Crippen molar-refractivity contribution in [2.75, 3.05) is 38.3 Å². The minimum atomic E-state index is 0.177. The molecule has 2 aliphatic heterocycles. The summed E-state index contributed by atoms with van der Waals surface area (Å²) in [4.78, 5) is 15.9. The van der Waals surface area contributed by atoms with Crippen LogP contribution in [-0.2, 0) is 22.6 Å². The SMILES string of the molecule is CN1C(=O)CCCn2nc(CN3CCOCC3)cc21. The molecule has 0 spiro atoms. The number of ether oxygens (including phenoxy) is 1. The van der Waals surface area contributed by atoms with Crippen LogP contribution < -0.4 is 4.90 Å². The summed E-state index contributed by atoms with van der Waals surface area (Å²) in [6.45, 7) is 5.17. The fraction of sp³-hybridized carbons (Fsp3) is 0.692. The molecule has 0 saturated carbocycles. The molecular formula is C13H20N4O2. The molecule has 0 aliphatic carbocycles. The molecule has 3 rings (SSSR count). The van der Waals surface area contributed by atoms with E-state index >= 15 is 0 Å². The van der Waals surface area contributed by atoms with Crippen LogP contribution in [0.5, 0.6) is 0 Å². The van der Waals surface area contributed by atoms with Gasteiger partial charge in [0.2, 0.25) is 5.91 Å². The summed E-state index contributed by atoms with van der Waals surface area (Å²) in [6, 6.07) is 2.04. The molecule has 6 nitrogen and oxygen atoms in total. The maximum absolute atomic E-state index is 11.8. The number of rotatable bonds is 2. The first-order valence-corrected chi connectivity index (χ1v) is 6.87. The lowest BCUT2D eigenvalue weighted by atomic mass is 10.3. The van der Waals surface area contributed by atoms with Gasteiger partial charge in [-0.15, -0.1) is 0 Å². The van der Waals surface area contributed by atoms with Gasteiger partial charge in [-0.25, -0.2) is 4.68 Å². The maximum atomic E-state index is 11.8. The Hall–Kier alpha value is -1.40. The van der Waals surface area contributed by atoms with Crippen LogP contribution in [0, 0.1) is 0 Å². The predicted octanol–water partition coefficient (Wildman–Crippen LogP) is 0.472. The molecule has 2 aliphatic rings. The van der Waals surface area contributed by atoms with E-state index in [-0.39, 0.29) is 5.91 Å². The van der Waals surface area contributed by atoms with Crippen molar-refractivity contribution in [3.8, 4) is 0 Å². The van der Waals surface area contributed by atoms with Crippen LogP contribution in [-0.4, -0.2) is 53.9 Å². The van der Waals surface area contributed by atoms with Gasteiger partial charge in [-0.2, -0.15) is 5.10 Å². The topological polar surface area (TPSA) is 50.6 Å². The number of carbonyl (C=O) groups is 1. The molecule has 0 radical (unpaired) electrons. The van der Waals surface area contributed by atoms with E-state index in [4.69, 9.17) is 4.74 Å². The van der Waals surface area contributed by atoms with E-state index < -0.39 is 0 Å². The number of aromatic nitrogens is 2. The van der Waals surface area contributed by atoms with Crippen LogP contribution in [0.2, 0.25) is 0 Å². The minimum absolute atomic E-state index is 0.177. The summed E-state index contributed by atoms with van der Waals surface area (Å²) in [7, 11) is 1.83. The molecule has 6 heteroatoms. The van der Waals surface area contributed by atoms with Gasteiger partial charge in [0.05, 0.1) is 18.9 Å². The highest BCUT2D eigenvalue weighted by Crippen LogP contribution is 2.21. The molecule has 0 atom stereocenters. The Morgan fingerprint density at radius 3 is 2.89 bits per heavy atom. The maximum Gasteiger partial charge on any atom is 0.227 e. The number of anilines is 1. The minimum Gasteiger partial charge on any atom is -0.379 e. The summed E-state index contributed by atoms with van der Waals surface area (Å²) in [6.07, 6.45) is 1.48. The highest BCUT2D eigenvalue weighted by molar-refractivity contribution is 5.92. The lowest BCUT2D eigenvalue weighted by Crippen LogP contribution is -2.35. The second-order valence-corrected chi connectivity index (χ2v) is 5.16. The molecule has 0 N–H and O–H groups in total. The van der Waals surface area contributed by atoms with Gasteiger partial charge >= 0.3 is 0 Å². The van der Waals surface area contributed by atoms with Crippen LogP contribution in [0.25, 0.3) is 0 Å². The zero-order chi connectivity index (χ0) is 13.2. The van der Waals surface area contributed by atoms with Crippen molar-refractivity contribution >= 4 is 11.7 Å². The fourth-order valence-corrected chi connectivity index (χ4v) is 2.63. The van der Waals surface area contributed by atoms with Gasteiger partial charge in [-0.05, 0) is 6.42 Å². The number of nitrogens with zero attached hydrogens (tertiary/aromatic N) is 4. The van der Waals surface area contributed by atoms with E-state index in [2.05, 4.69) is 10.00 Å². The summed E-state index contributed by atoms with van der Waals surface area (Å²) in [5.74, 6) is 1.10. The average molecular weight is 264 g/mol. The third kappa shape index (κ3) is 2.64. The van der Waals surface area contributed by atoms with Crippen LogP contribution in [0.4, 0.5) is 5.82 Å². The van der Waals surface area contributed by atoms with Crippen molar-refractivity contribution in [3.05, 3.63) is 11.8 Å². The van der Waals surface area contributed by atoms with Gasteiger partial charge in [-0.3, -0.25) is 9.69 Å². The summed E-state index contributed by atoms with van der Waals surface area (Å²) in [5.41, 5.74) is 1.04. The van der Waals surface area contributed by atoms with Crippen molar-refractivity contribution in [2.24, 2.45) is 0 Å². The van der Waals surface area contributed by atoms with Crippen LogP contribution in [0.1, 0.15) is 18.5 Å². The van der Waals surface area contributed by atoms with Gasteiger partial charge in [0.15, 0.2) is 0 Å². The van der Waals surface area contributed by atoms with E-state index in [1.54, 1.807) is 4.90 Å². The van der Waals surface area contributed by atoms with Gasteiger partial charge in [0.25, 0.3) is 0 Å². The van der Waals surface area contributed by atoms with Crippen molar-refractivity contribution in [2.45, 2.75) is 25.9 Å². The zero-order valence-corrected chi connectivity index (χ0v) is 11.3. The lowest BCUT2D eigenvalue weighted by Gasteiger charge is -2.25. The van der Waals surface area contributed by atoms with E-state index in [0.29, 0.717) is 6.42 Å². The Balaban J connectivity index is 1.75. The molecule has 1 amide bonds. The Morgan fingerprint density at radius 1 is 1.32 bits per heavy atom. The first-order valence-electron chi connectivity index (χ1n) is 6.87. The molecule has 3 heterocycles. The highest BCUT2D eigenvalue weighted by Gasteiger charge is 2.21. The number of fused-ring (bicyclic) bond motifs is 1. The molecule has 19 heavy (non-hydrogen) atoms. The smallest absolute Gasteiger partial charge is 0.227 e. The molecule has 0 aromatic carbocycles. The standard InChI is InChI=1S/C13H20N4O2/c1-15-12-9-11(10-16-5-7-19-8-6-16)14-17(12)4-2-3-13(15)18/h9H,2-8,10H2,1H3. The average Bonchev–Trinajstić information content (AvgIpc) is 2.76. The van der Waals surface area contributed by atoms with Gasteiger partial charge < -0.3 is 9.64 Å². The van der Waals surface area contributed by atoms with Crippen molar-refractivity contribution < 1.29 is 9.53 Å². The van der Waals surface area contributed by atoms with Crippen LogP contribution in [0.15, 0.2) is 6.07 Å². The van der Waals surface area contributed by atoms with Crippen molar-refractivity contribution in [1.29, 1.82) is 0 Å². The van der Waals surface area contributed by atoms with Gasteiger partial charge in [0.1, 0.15) is 5.82 Å². The first-order chi connectivity index (χ1) is 9.24. The van der Waals surface area contributed by atoms with Crippen LogP contribution >= 0.6 is 0 Å². The monoisotopic (exact) mass is 264 g/mol. The van der Waals surface area contributed by atoms with Crippen molar-refractivity contribution in [3.63, 3.8) is 0 Å². The Labute approximate surface area is 112 Å². The highest BCUT2D eigenvalue weighted by atomic mass is 16.5. The summed E-state index contributed by atoms with van der Waals surface area (Å²) in [5, 5.41) is 4.63. The Morgan fingerprint density at radius 2 is 2.11 bits per heavy atom. The van der Waals surface area contributed by atoms with E-state index in [1.165, 1.54) is 0 Å². The number of hydrogen-bond acceptors (Lipinski definition) is 4. The molecule has 1 fully saturated rings. The Bertz CT molecular complexity index is 465.